The summed E-state index contributed by atoms with van der Waals surface area (Å²) in [6.07, 6.45) is 3.25. The lowest BCUT2D eigenvalue weighted by Gasteiger charge is -2.13. The number of sulfonamides is 1. The average molecular weight is 300 g/mol. The lowest BCUT2D eigenvalue weighted by atomic mass is 10.1. The molecule has 0 aliphatic heterocycles. The van der Waals surface area contributed by atoms with Crippen LogP contribution in [-0.2, 0) is 10.0 Å². The molecule has 2 unspecified atom stereocenters. The number of nitrogens with one attached hydrogen (secondary N) is 1. The second kappa shape index (κ2) is 5.69. The van der Waals surface area contributed by atoms with Crippen molar-refractivity contribution in [3.05, 3.63) is 23.5 Å². The lowest BCUT2D eigenvalue weighted by Crippen LogP contribution is -2.28. The van der Waals surface area contributed by atoms with E-state index in [2.05, 4.69) is 11.6 Å². The molecule has 4 nitrogen and oxygen atoms in total. The van der Waals surface area contributed by atoms with Gasteiger partial charge in [-0.15, -0.1) is 0 Å². The molecule has 1 aromatic carbocycles. The summed E-state index contributed by atoms with van der Waals surface area (Å²) in [5.41, 5.74) is 5.58. The second-order valence-electron chi connectivity index (χ2n) is 5.78. The minimum atomic E-state index is -3.62. The molecule has 0 spiro atoms. The van der Waals surface area contributed by atoms with Gasteiger partial charge in [0.05, 0.1) is 10.6 Å². The van der Waals surface area contributed by atoms with Gasteiger partial charge >= 0.3 is 0 Å². The molecule has 0 radical (unpaired) electrons. The van der Waals surface area contributed by atoms with Gasteiger partial charge in [-0.2, -0.15) is 0 Å². The molecule has 1 fully saturated rings. The number of anilines is 1. The molecule has 0 amide bonds. The number of nitrogens with two attached hydrogens (primary N) is 1. The van der Waals surface area contributed by atoms with E-state index in [4.69, 9.17) is 5.73 Å². The number of aryl methyl sites for hydroxylation is 1. The molecule has 0 aromatic heterocycles. The Labute approximate surface area is 119 Å². The molecule has 0 heterocycles. The highest BCUT2D eigenvalue weighted by Crippen LogP contribution is 2.30. The van der Waals surface area contributed by atoms with Gasteiger partial charge in [0.2, 0.25) is 10.0 Å². The third-order valence-corrected chi connectivity index (χ3v) is 5.33. The van der Waals surface area contributed by atoms with Crippen molar-refractivity contribution >= 4 is 15.7 Å². The summed E-state index contributed by atoms with van der Waals surface area (Å²) in [5.74, 6) is 0.487. The van der Waals surface area contributed by atoms with Crippen LogP contribution < -0.4 is 10.5 Å². The largest absolute Gasteiger partial charge is 0.396 e. The normalized spacial score (nSPS) is 23.1. The molecule has 1 aromatic rings. The summed E-state index contributed by atoms with van der Waals surface area (Å²) < 4.78 is 40.4. The predicted molar refractivity (Wildman–Crippen MR) is 77.2 cm³/mol. The first-order valence-corrected chi connectivity index (χ1v) is 8.33. The topological polar surface area (TPSA) is 72.2 Å². The van der Waals surface area contributed by atoms with Gasteiger partial charge < -0.3 is 5.73 Å². The molecule has 20 heavy (non-hydrogen) atoms. The van der Waals surface area contributed by atoms with Crippen LogP contribution in [0.3, 0.4) is 0 Å². The van der Waals surface area contributed by atoms with Gasteiger partial charge in [-0.3, -0.25) is 0 Å². The van der Waals surface area contributed by atoms with E-state index >= 15 is 0 Å². The molecule has 2 rings (SSSR count). The molecule has 0 saturated heterocycles. The number of rotatable bonds is 4. The maximum absolute atomic E-state index is 13.4. The van der Waals surface area contributed by atoms with Crippen molar-refractivity contribution in [1.82, 2.24) is 4.72 Å². The number of halogens is 1. The summed E-state index contributed by atoms with van der Waals surface area (Å²) in [4.78, 5) is 0.0277. The first kappa shape index (κ1) is 15.3. The van der Waals surface area contributed by atoms with E-state index in [1.807, 2.05) is 0 Å². The molecule has 1 aliphatic carbocycles. The van der Waals surface area contributed by atoms with E-state index in [0.717, 1.165) is 19.3 Å². The smallest absolute Gasteiger partial charge is 0.240 e. The summed E-state index contributed by atoms with van der Waals surface area (Å²) in [5, 5.41) is 0. The molecule has 112 valence electrons. The third kappa shape index (κ3) is 3.30. The van der Waals surface area contributed by atoms with Crippen LogP contribution in [0.25, 0.3) is 0 Å². The van der Waals surface area contributed by atoms with Crippen LogP contribution in [0.4, 0.5) is 10.1 Å². The Morgan fingerprint density at radius 1 is 1.40 bits per heavy atom. The molecule has 1 saturated carbocycles. The quantitative estimate of drug-likeness (QED) is 0.839. The molecular weight excluding hydrogens is 279 g/mol. The summed E-state index contributed by atoms with van der Waals surface area (Å²) in [7, 11) is -3.62. The predicted octanol–water partition coefficient (Wildman–Crippen LogP) is 2.43. The zero-order chi connectivity index (χ0) is 14.9. The SMILES string of the molecule is Cc1cc(S(=O)(=O)NCC2CCC(C)C2)cc(N)c1F. The molecule has 6 heteroatoms. The summed E-state index contributed by atoms with van der Waals surface area (Å²) in [6, 6.07) is 2.48. The van der Waals surface area contributed by atoms with Crippen molar-refractivity contribution in [1.29, 1.82) is 0 Å². The zero-order valence-corrected chi connectivity index (χ0v) is 12.6. The standard InChI is InChI=1S/C14H21FN2O2S/c1-9-3-4-11(5-9)8-17-20(18,19)12-6-10(2)14(15)13(16)7-12/h6-7,9,11,17H,3-5,8,16H2,1-2H3. The fraction of sp³-hybridized carbons (Fsp3) is 0.571. The lowest BCUT2D eigenvalue weighted by molar-refractivity contribution is 0.498. The van der Waals surface area contributed by atoms with Gasteiger partial charge in [-0.05, 0) is 49.3 Å². The summed E-state index contributed by atoms with van der Waals surface area (Å²) >= 11 is 0. The zero-order valence-electron chi connectivity index (χ0n) is 11.8. The average Bonchev–Trinajstić information content (AvgIpc) is 2.79. The van der Waals surface area contributed by atoms with Crippen LogP contribution >= 0.6 is 0 Å². The number of benzene rings is 1. The highest BCUT2D eigenvalue weighted by molar-refractivity contribution is 7.89. The van der Waals surface area contributed by atoms with E-state index < -0.39 is 15.8 Å². The van der Waals surface area contributed by atoms with Crippen molar-refractivity contribution in [2.45, 2.75) is 38.0 Å². The third-order valence-electron chi connectivity index (χ3n) is 3.93. The van der Waals surface area contributed by atoms with Gasteiger partial charge in [0.15, 0.2) is 0 Å². The van der Waals surface area contributed by atoms with Crippen LogP contribution in [0.2, 0.25) is 0 Å². The Bertz CT molecular complexity index is 578. The second-order valence-corrected chi connectivity index (χ2v) is 7.55. The van der Waals surface area contributed by atoms with E-state index in [1.54, 1.807) is 0 Å². The first-order chi connectivity index (χ1) is 9.29. The van der Waals surface area contributed by atoms with Crippen molar-refractivity contribution in [3.8, 4) is 0 Å². The molecular formula is C14H21FN2O2S. The van der Waals surface area contributed by atoms with Crippen LogP contribution in [0.1, 0.15) is 31.7 Å². The number of nitrogen functional groups attached to an aromatic ring is 1. The molecule has 0 bridgehead atoms. The van der Waals surface area contributed by atoms with Crippen molar-refractivity contribution in [2.75, 3.05) is 12.3 Å². The Kier molecular flexibility index (Phi) is 4.34. The fourth-order valence-electron chi connectivity index (χ4n) is 2.74. The molecule has 2 atom stereocenters. The minimum Gasteiger partial charge on any atom is -0.396 e. The van der Waals surface area contributed by atoms with Crippen LogP contribution in [0.15, 0.2) is 17.0 Å². The van der Waals surface area contributed by atoms with Crippen molar-refractivity contribution in [2.24, 2.45) is 11.8 Å². The molecule has 1 aliphatic rings. The first-order valence-electron chi connectivity index (χ1n) is 6.85. The number of hydrogen-bond donors (Lipinski definition) is 2. The van der Waals surface area contributed by atoms with Gasteiger partial charge in [-0.25, -0.2) is 17.5 Å². The van der Waals surface area contributed by atoms with E-state index in [-0.39, 0.29) is 16.1 Å². The van der Waals surface area contributed by atoms with Gasteiger partial charge in [-0.1, -0.05) is 13.3 Å². The van der Waals surface area contributed by atoms with Crippen LogP contribution in [0.5, 0.6) is 0 Å². The van der Waals surface area contributed by atoms with Gasteiger partial charge in [0.25, 0.3) is 0 Å². The maximum Gasteiger partial charge on any atom is 0.240 e. The van der Waals surface area contributed by atoms with Gasteiger partial charge in [0, 0.05) is 6.54 Å². The summed E-state index contributed by atoms with van der Waals surface area (Å²) in [6.45, 7) is 4.12. The highest BCUT2D eigenvalue weighted by Gasteiger charge is 2.24. The van der Waals surface area contributed by atoms with Crippen molar-refractivity contribution < 1.29 is 12.8 Å². The Balaban J connectivity index is 2.10. The van der Waals surface area contributed by atoms with Crippen LogP contribution in [0, 0.1) is 24.6 Å². The van der Waals surface area contributed by atoms with Gasteiger partial charge in [0.1, 0.15) is 5.82 Å². The van der Waals surface area contributed by atoms with E-state index in [1.165, 1.54) is 19.1 Å². The Hall–Kier alpha value is -1.14. The number of hydrogen-bond acceptors (Lipinski definition) is 3. The monoisotopic (exact) mass is 300 g/mol. The van der Waals surface area contributed by atoms with Crippen LogP contribution in [-0.4, -0.2) is 15.0 Å². The van der Waals surface area contributed by atoms with E-state index in [0.29, 0.717) is 18.4 Å². The molecule has 3 N–H and O–H groups in total. The van der Waals surface area contributed by atoms with Crippen molar-refractivity contribution in [3.63, 3.8) is 0 Å². The van der Waals surface area contributed by atoms with E-state index in [9.17, 15) is 12.8 Å². The fourth-order valence-corrected chi connectivity index (χ4v) is 3.97. The minimum absolute atomic E-state index is 0.0277. The maximum atomic E-state index is 13.4. The highest BCUT2D eigenvalue weighted by atomic mass is 32.2. The Morgan fingerprint density at radius 3 is 2.65 bits per heavy atom. The Morgan fingerprint density at radius 2 is 2.10 bits per heavy atom.